The van der Waals surface area contributed by atoms with E-state index in [-0.39, 0.29) is 25.7 Å². The molecule has 8 heteroatoms. The molecule has 0 saturated carbocycles. The number of aromatic nitrogens is 1. The largest absolute Gasteiger partial charge is 0.475 e. The van der Waals surface area contributed by atoms with Crippen LogP contribution in [0.2, 0.25) is 0 Å². The van der Waals surface area contributed by atoms with Crippen molar-refractivity contribution in [3.8, 4) is 5.88 Å². The molecule has 1 aromatic carbocycles. The molecule has 1 unspecified atom stereocenters. The summed E-state index contributed by atoms with van der Waals surface area (Å²) in [6, 6.07) is 9.78. The SMILES string of the molecule is CC(C)(COc1nccc2ccccc12)NC(=O)C1COCCN(C(=O)OC(C)(C)C)C1. The third-order valence-corrected chi connectivity index (χ3v) is 4.96. The molecule has 0 bridgehead atoms. The lowest BCUT2D eigenvalue weighted by Gasteiger charge is -2.30. The summed E-state index contributed by atoms with van der Waals surface area (Å²) in [6.07, 6.45) is 1.27. The summed E-state index contributed by atoms with van der Waals surface area (Å²) in [4.78, 5) is 31.3. The fraction of sp³-hybridized carbons (Fsp3) is 0.542. The molecule has 0 radical (unpaired) electrons. The molecule has 1 aliphatic heterocycles. The zero-order chi connectivity index (χ0) is 23.4. The first-order valence-electron chi connectivity index (χ1n) is 10.9. The fourth-order valence-corrected chi connectivity index (χ4v) is 3.39. The molecule has 1 aliphatic rings. The number of nitrogens with one attached hydrogen (secondary N) is 1. The molecule has 1 aromatic heterocycles. The van der Waals surface area contributed by atoms with Gasteiger partial charge in [-0.15, -0.1) is 0 Å². The van der Waals surface area contributed by atoms with Crippen LogP contribution >= 0.6 is 0 Å². The zero-order valence-electron chi connectivity index (χ0n) is 19.5. The van der Waals surface area contributed by atoms with Gasteiger partial charge in [-0.1, -0.05) is 18.2 Å². The second-order valence-corrected chi connectivity index (χ2v) is 9.70. The third kappa shape index (κ3) is 6.56. The molecule has 32 heavy (non-hydrogen) atoms. The van der Waals surface area contributed by atoms with E-state index in [0.717, 1.165) is 10.8 Å². The van der Waals surface area contributed by atoms with Crippen LogP contribution in [0.4, 0.5) is 4.79 Å². The van der Waals surface area contributed by atoms with Crippen LogP contribution in [0.15, 0.2) is 36.5 Å². The van der Waals surface area contributed by atoms with Gasteiger partial charge in [-0.05, 0) is 52.1 Å². The van der Waals surface area contributed by atoms with Gasteiger partial charge in [0.1, 0.15) is 12.2 Å². The van der Waals surface area contributed by atoms with Gasteiger partial charge in [0, 0.05) is 24.7 Å². The van der Waals surface area contributed by atoms with Crippen LogP contribution in [0.5, 0.6) is 5.88 Å². The minimum atomic E-state index is -0.654. The number of benzene rings is 1. The topological polar surface area (TPSA) is 90.0 Å². The number of amides is 2. The molecule has 3 rings (SSSR count). The summed E-state index contributed by atoms with van der Waals surface area (Å²) in [5.41, 5.74) is -1.25. The van der Waals surface area contributed by atoms with Gasteiger partial charge in [0.15, 0.2) is 0 Å². The van der Waals surface area contributed by atoms with E-state index in [9.17, 15) is 9.59 Å². The van der Waals surface area contributed by atoms with E-state index >= 15 is 0 Å². The van der Waals surface area contributed by atoms with Crippen LogP contribution in [0.25, 0.3) is 10.8 Å². The van der Waals surface area contributed by atoms with E-state index < -0.39 is 23.2 Å². The van der Waals surface area contributed by atoms with Gasteiger partial charge in [-0.25, -0.2) is 9.78 Å². The van der Waals surface area contributed by atoms with Crippen LogP contribution in [-0.2, 0) is 14.3 Å². The van der Waals surface area contributed by atoms with Crippen molar-refractivity contribution in [1.29, 1.82) is 0 Å². The molecule has 2 heterocycles. The van der Waals surface area contributed by atoms with Crippen molar-refractivity contribution < 1.29 is 23.8 Å². The average Bonchev–Trinajstić information content (AvgIpc) is 2.97. The van der Waals surface area contributed by atoms with Gasteiger partial charge in [-0.2, -0.15) is 0 Å². The highest BCUT2D eigenvalue weighted by Gasteiger charge is 2.32. The van der Waals surface area contributed by atoms with E-state index in [4.69, 9.17) is 14.2 Å². The normalized spacial score (nSPS) is 17.5. The first-order valence-corrected chi connectivity index (χ1v) is 10.9. The molecule has 174 valence electrons. The maximum atomic E-state index is 13.0. The van der Waals surface area contributed by atoms with Crippen molar-refractivity contribution in [2.24, 2.45) is 5.92 Å². The molecule has 1 fully saturated rings. The number of pyridine rings is 1. The number of hydrogen-bond acceptors (Lipinski definition) is 6. The highest BCUT2D eigenvalue weighted by Crippen LogP contribution is 2.23. The predicted molar refractivity (Wildman–Crippen MR) is 122 cm³/mol. The first-order chi connectivity index (χ1) is 15.0. The number of ether oxygens (including phenoxy) is 3. The van der Waals surface area contributed by atoms with Crippen LogP contribution in [0, 0.1) is 5.92 Å². The molecular formula is C24H33N3O5. The zero-order valence-corrected chi connectivity index (χ0v) is 19.5. The summed E-state index contributed by atoms with van der Waals surface area (Å²) < 4.78 is 17.0. The van der Waals surface area contributed by atoms with E-state index in [2.05, 4.69) is 10.3 Å². The number of carbonyl (C=O) groups is 2. The van der Waals surface area contributed by atoms with Gasteiger partial charge < -0.3 is 24.4 Å². The number of hydrogen-bond donors (Lipinski definition) is 1. The summed E-state index contributed by atoms with van der Waals surface area (Å²) >= 11 is 0. The Morgan fingerprint density at radius 3 is 2.69 bits per heavy atom. The Kier molecular flexibility index (Phi) is 7.23. The van der Waals surface area contributed by atoms with Crippen molar-refractivity contribution in [3.63, 3.8) is 0 Å². The number of rotatable bonds is 5. The van der Waals surface area contributed by atoms with Gasteiger partial charge in [-0.3, -0.25) is 4.79 Å². The minimum absolute atomic E-state index is 0.195. The Morgan fingerprint density at radius 1 is 1.19 bits per heavy atom. The van der Waals surface area contributed by atoms with Crippen LogP contribution in [0.3, 0.4) is 0 Å². The molecule has 1 atom stereocenters. The van der Waals surface area contributed by atoms with E-state index in [1.165, 1.54) is 4.90 Å². The molecule has 2 aromatic rings. The maximum Gasteiger partial charge on any atom is 0.410 e. The smallest absolute Gasteiger partial charge is 0.410 e. The minimum Gasteiger partial charge on any atom is -0.475 e. The van der Waals surface area contributed by atoms with Crippen LogP contribution in [0.1, 0.15) is 34.6 Å². The monoisotopic (exact) mass is 443 g/mol. The molecule has 2 amide bonds. The number of carbonyl (C=O) groups excluding carboxylic acids is 2. The average molecular weight is 444 g/mol. The summed E-state index contributed by atoms with van der Waals surface area (Å²) in [7, 11) is 0. The predicted octanol–water partition coefficient (Wildman–Crippen LogP) is 3.39. The number of fused-ring (bicyclic) bond motifs is 1. The van der Waals surface area contributed by atoms with Gasteiger partial charge in [0.05, 0.1) is 24.7 Å². The summed E-state index contributed by atoms with van der Waals surface area (Å²) in [5, 5.41) is 4.99. The Hall–Kier alpha value is -2.87. The molecule has 1 saturated heterocycles. The lowest BCUT2D eigenvalue weighted by atomic mass is 10.0. The van der Waals surface area contributed by atoms with Crippen molar-refractivity contribution in [2.75, 3.05) is 32.9 Å². The van der Waals surface area contributed by atoms with Crippen LogP contribution in [-0.4, -0.2) is 65.9 Å². The van der Waals surface area contributed by atoms with Crippen molar-refractivity contribution in [3.05, 3.63) is 36.5 Å². The van der Waals surface area contributed by atoms with Crippen molar-refractivity contribution in [2.45, 2.75) is 45.8 Å². The van der Waals surface area contributed by atoms with E-state index in [1.807, 2.05) is 65.0 Å². The highest BCUT2D eigenvalue weighted by atomic mass is 16.6. The summed E-state index contributed by atoms with van der Waals surface area (Å²) in [6.45, 7) is 10.7. The highest BCUT2D eigenvalue weighted by molar-refractivity contribution is 5.86. The standard InChI is InChI=1S/C24H33N3O5/c1-23(2,3)32-22(29)27-12-13-30-15-18(14-27)20(28)26-24(4,5)16-31-21-19-9-7-6-8-17(19)10-11-25-21/h6-11,18H,12-16H2,1-5H3,(H,26,28). The second kappa shape index (κ2) is 9.73. The van der Waals surface area contributed by atoms with Gasteiger partial charge >= 0.3 is 6.09 Å². The van der Waals surface area contributed by atoms with Crippen molar-refractivity contribution >= 4 is 22.8 Å². The van der Waals surface area contributed by atoms with E-state index in [1.54, 1.807) is 6.20 Å². The van der Waals surface area contributed by atoms with Gasteiger partial charge in [0.2, 0.25) is 11.8 Å². The van der Waals surface area contributed by atoms with Crippen molar-refractivity contribution in [1.82, 2.24) is 15.2 Å². The Morgan fingerprint density at radius 2 is 1.94 bits per heavy atom. The van der Waals surface area contributed by atoms with Gasteiger partial charge in [0.25, 0.3) is 0 Å². The molecule has 1 N–H and O–H groups in total. The Balaban J connectivity index is 1.60. The lowest BCUT2D eigenvalue weighted by molar-refractivity contribution is -0.128. The lowest BCUT2D eigenvalue weighted by Crippen LogP contribution is -2.52. The third-order valence-electron chi connectivity index (χ3n) is 4.96. The maximum absolute atomic E-state index is 13.0. The second-order valence-electron chi connectivity index (χ2n) is 9.70. The quantitative estimate of drug-likeness (QED) is 0.762. The van der Waals surface area contributed by atoms with Crippen LogP contribution < -0.4 is 10.1 Å². The summed E-state index contributed by atoms with van der Waals surface area (Å²) in [5.74, 6) is -0.167. The Labute approximate surface area is 189 Å². The molecule has 0 aliphatic carbocycles. The molecule has 0 spiro atoms. The fourth-order valence-electron chi connectivity index (χ4n) is 3.39. The number of nitrogens with zero attached hydrogens (tertiary/aromatic N) is 2. The molecular weight excluding hydrogens is 410 g/mol. The Bertz CT molecular complexity index is 949. The first kappa shape index (κ1) is 23.8. The van der Waals surface area contributed by atoms with E-state index in [0.29, 0.717) is 19.0 Å². The molecule has 8 nitrogen and oxygen atoms in total.